The number of phosphoric acid groups is 1. The number of halogens is 4. The van der Waals surface area contributed by atoms with Crippen LogP contribution in [0.5, 0.6) is 5.75 Å². The molecule has 3 aromatic heterocycles. The molecular weight excluding hydrogens is 759 g/mol. The lowest BCUT2D eigenvalue weighted by molar-refractivity contribution is -0.348. The van der Waals surface area contributed by atoms with Gasteiger partial charge in [0.05, 0.1) is 31.0 Å². The van der Waals surface area contributed by atoms with E-state index in [1.54, 1.807) is 86.6 Å². The number of hydrogen-bond acceptors (Lipinski definition) is 10. The van der Waals surface area contributed by atoms with Crippen LogP contribution in [0.2, 0.25) is 0 Å². The van der Waals surface area contributed by atoms with Gasteiger partial charge in [0.15, 0.2) is 17.1 Å². The second-order valence-electron chi connectivity index (χ2n) is 12.7. The molecule has 0 aliphatic carbocycles. The first-order chi connectivity index (χ1) is 26.5. The maximum atomic E-state index is 14.4. The molecule has 6 aromatic rings. The van der Waals surface area contributed by atoms with Crippen molar-refractivity contribution in [2.45, 2.75) is 45.2 Å². The normalized spacial score (nSPS) is 12.1. The van der Waals surface area contributed by atoms with Crippen molar-refractivity contribution in [1.29, 1.82) is 0 Å². The fourth-order valence-electron chi connectivity index (χ4n) is 6.08. The van der Waals surface area contributed by atoms with Crippen LogP contribution in [0.15, 0.2) is 103 Å². The number of aromatic nitrogens is 4. The Morgan fingerprint density at radius 1 is 0.857 bits per heavy atom. The minimum absolute atomic E-state index is 0.0452. The Labute approximate surface area is 316 Å². The molecule has 56 heavy (non-hydrogen) atoms. The summed E-state index contributed by atoms with van der Waals surface area (Å²) in [6.45, 7) is 2.80. The van der Waals surface area contributed by atoms with E-state index < -0.39 is 49.7 Å². The Morgan fingerprint density at radius 3 is 2.11 bits per heavy atom. The lowest BCUT2D eigenvalue weighted by atomic mass is 9.87. The van der Waals surface area contributed by atoms with Gasteiger partial charge in [0, 0.05) is 36.2 Å². The number of pyridine rings is 1. The van der Waals surface area contributed by atoms with Crippen LogP contribution in [0, 0.1) is 19.7 Å². The SMILES string of the molecule is Cc1nc(C)c(-c2ccc3nc(NC(=O)C(Cc4ccccc4)(Cc4ccccc4)OP(=O)([O-])[O-])cn3n2)cc1C(=O)NCc1cc(OC(F)(F)F)ccc1F. The van der Waals surface area contributed by atoms with E-state index in [9.17, 15) is 41.5 Å². The lowest BCUT2D eigenvalue weighted by Crippen LogP contribution is -2.50. The molecule has 0 saturated carbocycles. The molecule has 0 bridgehead atoms. The third kappa shape index (κ3) is 9.80. The van der Waals surface area contributed by atoms with Gasteiger partial charge in [0.25, 0.3) is 11.8 Å². The highest BCUT2D eigenvalue weighted by atomic mass is 31.2. The van der Waals surface area contributed by atoms with Crippen LogP contribution in [-0.2, 0) is 33.3 Å². The molecule has 0 aliphatic heterocycles. The second kappa shape index (κ2) is 16.0. The molecule has 0 atom stereocenters. The van der Waals surface area contributed by atoms with Gasteiger partial charge >= 0.3 is 6.36 Å². The number of benzene rings is 3. The fourth-order valence-corrected chi connectivity index (χ4v) is 6.72. The highest BCUT2D eigenvalue weighted by Gasteiger charge is 2.42. The van der Waals surface area contributed by atoms with Crippen LogP contribution >= 0.6 is 7.82 Å². The molecule has 0 spiro atoms. The molecule has 3 aromatic carbocycles. The summed E-state index contributed by atoms with van der Waals surface area (Å²) < 4.78 is 74.9. The Morgan fingerprint density at radius 2 is 1.50 bits per heavy atom. The zero-order chi connectivity index (χ0) is 40.3. The van der Waals surface area contributed by atoms with Crippen molar-refractivity contribution in [3.63, 3.8) is 0 Å². The quantitative estimate of drug-likeness (QED) is 0.114. The molecule has 18 heteroatoms. The molecule has 3 heterocycles. The minimum Gasteiger partial charge on any atom is -0.790 e. The summed E-state index contributed by atoms with van der Waals surface area (Å²) in [6, 6.07) is 24.0. The molecule has 2 amide bonds. The van der Waals surface area contributed by atoms with Crippen LogP contribution in [0.3, 0.4) is 0 Å². The zero-order valence-electron chi connectivity index (χ0n) is 29.5. The zero-order valence-corrected chi connectivity index (χ0v) is 30.4. The van der Waals surface area contributed by atoms with E-state index in [0.29, 0.717) is 33.8 Å². The van der Waals surface area contributed by atoms with Crippen molar-refractivity contribution in [3.05, 3.63) is 143 Å². The van der Waals surface area contributed by atoms with Crippen molar-refractivity contribution in [1.82, 2.24) is 24.9 Å². The molecule has 0 aliphatic rings. The van der Waals surface area contributed by atoms with Gasteiger partial charge in [0.1, 0.15) is 11.6 Å². The highest BCUT2D eigenvalue weighted by molar-refractivity contribution is 7.43. The standard InChI is InChI=1S/C38H33F4N6O7P/c1-23-29(18-30(24(2)44-23)35(49)43-21-27-17-28(13-14-31(27)39)54-38(40,41)42)32-15-16-34-45-33(22-48(34)47-32)46-36(50)37(55-56(51,52)53,19-25-9-5-3-6-10-25)20-26-11-7-4-8-12-26/h3-18,22H,19-21H2,1-2H3,(H,43,49)(H,46,50)(H2,51,52,53)/p-2. The number of carbonyl (C=O) groups is 2. The Hall–Kier alpha value is -6.00. The number of nitrogens with zero attached hydrogens (tertiary/aromatic N) is 4. The summed E-state index contributed by atoms with van der Waals surface area (Å²) in [5.41, 5.74) is 0.463. The molecule has 0 saturated heterocycles. The number of imidazole rings is 1. The van der Waals surface area contributed by atoms with Gasteiger partial charge in [-0.15, -0.1) is 13.2 Å². The number of hydrogen-bond donors (Lipinski definition) is 2. The lowest BCUT2D eigenvalue weighted by Gasteiger charge is -2.41. The number of aryl methyl sites for hydroxylation is 2. The van der Waals surface area contributed by atoms with Crippen molar-refractivity contribution in [2.24, 2.45) is 0 Å². The molecule has 0 radical (unpaired) electrons. The number of amides is 2. The molecule has 0 unspecified atom stereocenters. The van der Waals surface area contributed by atoms with E-state index in [0.717, 1.165) is 18.2 Å². The number of nitrogens with one attached hydrogen (secondary N) is 2. The summed E-state index contributed by atoms with van der Waals surface area (Å²) in [5, 5.41) is 9.65. The van der Waals surface area contributed by atoms with Crippen molar-refractivity contribution >= 4 is 31.1 Å². The third-order valence-corrected chi connectivity index (χ3v) is 9.11. The van der Waals surface area contributed by atoms with Crippen LogP contribution in [0.1, 0.15) is 38.4 Å². The Kier molecular flexibility index (Phi) is 11.3. The van der Waals surface area contributed by atoms with E-state index in [2.05, 4.69) is 30.4 Å². The monoisotopic (exact) mass is 790 g/mol. The number of anilines is 1. The van der Waals surface area contributed by atoms with E-state index in [-0.39, 0.29) is 35.4 Å². The Bertz CT molecular complexity index is 2400. The van der Waals surface area contributed by atoms with E-state index in [4.69, 9.17) is 4.52 Å². The van der Waals surface area contributed by atoms with Gasteiger partial charge < -0.3 is 34.2 Å². The van der Waals surface area contributed by atoms with Crippen LogP contribution in [0.4, 0.5) is 23.4 Å². The van der Waals surface area contributed by atoms with E-state index in [1.807, 2.05) is 0 Å². The molecule has 13 nitrogen and oxygen atoms in total. The van der Waals surface area contributed by atoms with Gasteiger partial charge in [-0.2, -0.15) is 5.10 Å². The summed E-state index contributed by atoms with van der Waals surface area (Å²) in [5.74, 6) is -3.19. The number of ether oxygens (including phenoxy) is 1. The number of fused-ring (bicyclic) bond motifs is 1. The maximum absolute atomic E-state index is 14.4. The number of rotatable bonds is 13. The van der Waals surface area contributed by atoms with Gasteiger partial charge in [0.2, 0.25) is 0 Å². The summed E-state index contributed by atoms with van der Waals surface area (Å²) in [4.78, 5) is 60.4. The second-order valence-corrected chi connectivity index (χ2v) is 13.8. The van der Waals surface area contributed by atoms with Gasteiger partial charge in [-0.05, 0) is 61.4 Å². The summed E-state index contributed by atoms with van der Waals surface area (Å²) >= 11 is 0. The first-order valence-electron chi connectivity index (χ1n) is 16.8. The first kappa shape index (κ1) is 39.7. The average Bonchev–Trinajstić information content (AvgIpc) is 3.53. The molecule has 0 fully saturated rings. The van der Waals surface area contributed by atoms with Crippen molar-refractivity contribution in [2.75, 3.05) is 5.32 Å². The summed E-state index contributed by atoms with van der Waals surface area (Å²) in [7, 11) is -5.73. The average molecular weight is 791 g/mol. The Balaban J connectivity index is 1.26. The predicted molar refractivity (Wildman–Crippen MR) is 190 cm³/mol. The number of phosphoric ester groups is 1. The third-order valence-electron chi connectivity index (χ3n) is 8.54. The predicted octanol–water partition coefficient (Wildman–Crippen LogP) is 5.38. The fraction of sp³-hybridized carbons (Fsp3) is 0.184. The van der Waals surface area contributed by atoms with Gasteiger partial charge in [-0.1, -0.05) is 60.7 Å². The van der Waals surface area contributed by atoms with E-state index in [1.165, 1.54) is 16.8 Å². The number of alkyl halides is 3. The molecule has 290 valence electrons. The highest BCUT2D eigenvalue weighted by Crippen LogP contribution is 2.38. The van der Waals surface area contributed by atoms with Crippen molar-refractivity contribution < 1.29 is 50.8 Å². The number of carbonyl (C=O) groups excluding carboxylic acids is 2. The molecular formula is C38H31F4N6O7P-2. The van der Waals surface area contributed by atoms with E-state index >= 15 is 0 Å². The van der Waals surface area contributed by atoms with Gasteiger partial charge in [-0.25, -0.2) is 13.9 Å². The topological polar surface area (TPSA) is 183 Å². The minimum atomic E-state index is -5.73. The first-order valence-corrected chi connectivity index (χ1v) is 18.2. The summed E-state index contributed by atoms with van der Waals surface area (Å²) in [6.07, 6.45) is -4.18. The molecule has 6 rings (SSSR count). The maximum Gasteiger partial charge on any atom is 0.573 e. The van der Waals surface area contributed by atoms with Crippen molar-refractivity contribution in [3.8, 4) is 17.0 Å². The van der Waals surface area contributed by atoms with Gasteiger partial charge in [-0.3, -0.25) is 14.6 Å². The smallest absolute Gasteiger partial charge is 0.573 e. The molecule has 2 N–H and O–H groups in total. The largest absolute Gasteiger partial charge is 0.790 e. The van der Waals surface area contributed by atoms with Crippen LogP contribution in [-0.4, -0.2) is 43.4 Å². The van der Waals surface area contributed by atoms with Crippen LogP contribution < -0.4 is 25.2 Å². The van der Waals surface area contributed by atoms with Crippen LogP contribution in [0.25, 0.3) is 16.9 Å².